The second kappa shape index (κ2) is 6.87. The summed E-state index contributed by atoms with van der Waals surface area (Å²) >= 11 is 0. The lowest BCUT2D eigenvalue weighted by Crippen LogP contribution is -2.43. The lowest BCUT2D eigenvalue weighted by Gasteiger charge is -2.27. The van der Waals surface area contributed by atoms with Gasteiger partial charge in [0.1, 0.15) is 0 Å². The monoisotopic (exact) mass is 326 g/mol. The first-order chi connectivity index (χ1) is 10.9. The third-order valence-electron chi connectivity index (χ3n) is 3.22. The molecule has 0 radical (unpaired) electrons. The van der Waals surface area contributed by atoms with Gasteiger partial charge in [-0.2, -0.15) is 0 Å². The normalized spacial score (nSPS) is 14.2. The van der Waals surface area contributed by atoms with Gasteiger partial charge in [-0.1, -0.05) is 0 Å². The SMILES string of the molecule is COc1cc([N+](=O)[O-])cc([N+](=O)[O-])c1NC(=O)N1CCOCC1. The lowest BCUT2D eigenvalue weighted by atomic mass is 10.2. The van der Waals surface area contributed by atoms with E-state index in [9.17, 15) is 25.0 Å². The number of hydrogen-bond donors (Lipinski definition) is 1. The minimum Gasteiger partial charge on any atom is -0.494 e. The van der Waals surface area contributed by atoms with Crippen molar-refractivity contribution in [2.24, 2.45) is 0 Å². The Balaban J connectivity index is 2.37. The number of ether oxygens (including phenoxy) is 2. The van der Waals surface area contributed by atoms with Crippen LogP contribution in [0.1, 0.15) is 0 Å². The number of nitro groups is 2. The number of benzene rings is 1. The number of nitro benzene ring substituents is 2. The molecule has 0 spiro atoms. The van der Waals surface area contributed by atoms with Crippen LogP contribution in [0, 0.1) is 20.2 Å². The standard InChI is InChI=1S/C12H14N4O7/c1-22-10-7-8(15(18)19)6-9(16(20)21)11(10)13-12(17)14-2-4-23-5-3-14/h6-7H,2-5H2,1H3,(H,13,17). The summed E-state index contributed by atoms with van der Waals surface area (Å²) in [4.78, 5) is 34.0. The van der Waals surface area contributed by atoms with Gasteiger partial charge in [0.25, 0.3) is 5.69 Å². The highest BCUT2D eigenvalue weighted by molar-refractivity contribution is 5.94. The van der Waals surface area contributed by atoms with Crippen molar-refractivity contribution in [3.8, 4) is 5.75 Å². The van der Waals surface area contributed by atoms with Crippen molar-refractivity contribution >= 4 is 23.1 Å². The van der Waals surface area contributed by atoms with Gasteiger partial charge < -0.3 is 14.4 Å². The van der Waals surface area contributed by atoms with Crippen LogP contribution in [0.3, 0.4) is 0 Å². The van der Waals surface area contributed by atoms with E-state index in [0.29, 0.717) is 26.3 Å². The van der Waals surface area contributed by atoms with Gasteiger partial charge in [-0.15, -0.1) is 0 Å². The van der Waals surface area contributed by atoms with E-state index in [1.807, 2.05) is 0 Å². The number of morpholine rings is 1. The van der Waals surface area contributed by atoms with Crippen LogP contribution in [0.25, 0.3) is 0 Å². The number of carbonyl (C=O) groups excluding carboxylic acids is 1. The molecule has 1 aliphatic heterocycles. The van der Waals surface area contributed by atoms with Crippen LogP contribution < -0.4 is 10.1 Å². The summed E-state index contributed by atoms with van der Waals surface area (Å²) in [6.45, 7) is 1.42. The summed E-state index contributed by atoms with van der Waals surface area (Å²) in [7, 11) is 1.20. The second-order valence-electron chi connectivity index (χ2n) is 4.59. The first-order valence-corrected chi connectivity index (χ1v) is 6.58. The lowest BCUT2D eigenvalue weighted by molar-refractivity contribution is -0.393. The predicted molar refractivity (Wildman–Crippen MR) is 77.7 cm³/mol. The molecule has 23 heavy (non-hydrogen) atoms. The van der Waals surface area contributed by atoms with Crippen LogP contribution in [0.5, 0.6) is 5.75 Å². The van der Waals surface area contributed by atoms with Crippen LogP contribution in [-0.4, -0.2) is 54.2 Å². The topological polar surface area (TPSA) is 137 Å². The van der Waals surface area contributed by atoms with Crippen molar-refractivity contribution in [3.05, 3.63) is 32.4 Å². The van der Waals surface area contributed by atoms with E-state index in [-0.39, 0.29) is 11.4 Å². The molecule has 0 saturated carbocycles. The molecule has 0 aromatic heterocycles. The fourth-order valence-corrected chi connectivity index (χ4v) is 2.08. The van der Waals surface area contributed by atoms with E-state index in [0.717, 1.165) is 12.1 Å². The molecule has 0 atom stereocenters. The first-order valence-electron chi connectivity index (χ1n) is 6.58. The molecule has 0 bridgehead atoms. The minimum atomic E-state index is -0.815. The summed E-state index contributed by atoms with van der Waals surface area (Å²) < 4.78 is 10.1. The zero-order valence-electron chi connectivity index (χ0n) is 12.2. The Morgan fingerprint density at radius 2 is 1.91 bits per heavy atom. The van der Waals surface area contributed by atoms with Gasteiger partial charge in [-0.25, -0.2) is 4.79 Å². The number of anilines is 1. The maximum absolute atomic E-state index is 12.2. The van der Waals surface area contributed by atoms with Crippen molar-refractivity contribution in [1.29, 1.82) is 0 Å². The number of methoxy groups -OCH3 is 1. The van der Waals surface area contributed by atoms with E-state index in [1.54, 1.807) is 0 Å². The minimum absolute atomic E-state index is 0.160. The molecule has 0 aliphatic carbocycles. The van der Waals surface area contributed by atoms with Crippen molar-refractivity contribution in [2.75, 3.05) is 38.7 Å². The molecular formula is C12H14N4O7. The molecule has 1 aromatic carbocycles. The summed E-state index contributed by atoms with van der Waals surface area (Å²) in [6, 6.07) is 1.22. The largest absolute Gasteiger partial charge is 0.494 e. The third kappa shape index (κ3) is 3.63. The van der Waals surface area contributed by atoms with Crippen molar-refractivity contribution in [2.45, 2.75) is 0 Å². The zero-order valence-corrected chi connectivity index (χ0v) is 12.2. The molecule has 1 saturated heterocycles. The van der Waals surface area contributed by atoms with Crippen LogP contribution in [-0.2, 0) is 4.74 Å². The van der Waals surface area contributed by atoms with E-state index in [4.69, 9.17) is 9.47 Å². The number of non-ortho nitro benzene ring substituents is 1. The quantitative estimate of drug-likeness (QED) is 0.651. The summed E-state index contributed by atoms with van der Waals surface area (Å²) in [5, 5.41) is 24.4. The van der Waals surface area contributed by atoms with Gasteiger partial charge in [-0.05, 0) is 0 Å². The molecular weight excluding hydrogens is 312 g/mol. The fourth-order valence-electron chi connectivity index (χ4n) is 2.08. The number of rotatable bonds is 4. The number of nitrogens with zero attached hydrogens (tertiary/aromatic N) is 3. The molecule has 2 amide bonds. The molecule has 1 fully saturated rings. The second-order valence-corrected chi connectivity index (χ2v) is 4.59. The van der Waals surface area contributed by atoms with Gasteiger partial charge in [0, 0.05) is 13.1 Å². The van der Waals surface area contributed by atoms with Crippen molar-refractivity contribution in [1.82, 2.24) is 4.90 Å². The highest BCUT2D eigenvalue weighted by Gasteiger charge is 2.28. The number of amides is 2. The van der Waals surface area contributed by atoms with Crippen LogP contribution in [0.15, 0.2) is 12.1 Å². The highest BCUT2D eigenvalue weighted by atomic mass is 16.6. The van der Waals surface area contributed by atoms with Gasteiger partial charge in [0.05, 0.1) is 42.3 Å². The molecule has 1 aromatic rings. The van der Waals surface area contributed by atoms with Crippen molar-refractivity contribution < 1.29 is 24.1 Å². The Labute approximate surface area is 130 Å². The van der Waals surface area contributed by atoms with E-state index >= 15 is 0 Å². The molecule has 1 aliphatic rings. The van der Waals surface area contributed by atoms with Crippen LogP contribution in [0.2, 0.25) is 0 Å². The maximum Gasteiger partial charge on any atom is 0.322 e. The molecule has 0 unspecified atom stereocenters. The highest BCUT2D eigenvalue weighted by Crippen LogP contribution is 2.38. The van der Waals surface area contributed by atoms with Gasteiger partial charge in [-0.3, -0.25) is 25.5 Å². The average Bonchev–Trinajstić information content (AvgIpc) is 2.55. The summed E-state index contributed by atoms with van der Waals surface area (Å²) in [5.74, 6) is -0.160. The molecule has 1 N–H and O–H groups in total. The third-order valence-corrected chi connectivity index (χ3v) is 3.22. The molecule has 124 valence electrons. The van der Waals surface area contributed by atoms with E-state index in [2.05, 4.69) is 5.32 Å². The smallest absolute Gasteiger partial charge is 0.322 e. The van der Waals surface area contributed by atoms with Crippen LogP contribution >= 0.6 is 0 Å². The van der Waals surface area contributed by atoms with Crippen molar-refractivity contribution in [3.63, 3.8) is 0 Å². The van der Waals surface area contributed by atoms with Gasteiger partial charge >= 0.3 is 11.7 Å². The Morgan fingerprint density at radius 3 is 2.43 bits per heavy atom. The number of hydrogen-bond acceptors (Lipinski definition) is 7. The van der Waals surface area contributed by atoms with E-state index in [1.165, 1.54) is 12.0 Å². The number of nitrogens with one attached hydrogen (secondary N) is 1. The Kier molecular flexibility index (Phi) is 4.91. The molecule has 11 heteroatoms. The fraction of sp³-hybridized carbons (Fsp3) is 0.417. The van der Waals surface area contributed by atoms with Gasteiger partial charge in [0.2, 0.25) is 0 Å². The molecule has 11 nitrogen and oxygen atoms in total. The summed E-state index contributed by atoms with van der Waals surface area (Å²) in [6.07, 6.45) is 0. The molecule has 2 rings (SSSR count). The first kappa shape index (κ1) is 16.4. The van der Waals surface area contributed by atoms with Gasteiger partial charge in [0.15, 0.2) is 11.4 Å². The number of urea groups is 1. The van der Waals surface area contributed by atoms with E-state index < -0.39 is 27.3 Å². The maximum atomic E-state index is 12.2. The number of carbonyl (C=O) groups is 1. The summed E-state index contributed by atoms with van der Waals surface area (Å²) in [5.41, 5.74) is -1.34. The average molecular weight is 326 g/mol. The Hall–Kier alpha value is -2.95. The predicted octanol–water partition coefficient (Wildman–Crippen LogP) is 1.38. The zero-order chi connectivity index (χ0) is 17.0. The van der Waals surface area contributed by atoms with Crippen LogP contribution in [0.4, 0.5) is 21.9 Å². The molecule has 1 heterocycles. The Bertz CT molecular complexity index is 643. The Morgan fingerprint density at radius 1 is 1.26 bits per heavy atom.